The van der Waals surface area contributed by atoms with Gasteiger partial charge >= 0.3 is 0 Å². The number of nitrogens with zero attached hydrogens (tertiary/aromatic N) is 4. The van der Waals surface area contributed by atoms with Gasteiger partial charge in [0.15, 0.2) is 0 Å². The smallest absolute Gasteiger partial charge is 0.271 e. The summed E-state index contributed by atoms with van der Waals surface area (Å²) < 4.78 is 14.0. The summed E-state index contributed by atoms with van der Waals surface area (Å²) in [7, 11) is -1.25. The van der Waals surface area contributed by atoms with Crippen molar-refractivity contribution >= 4 is 30.8 Å². The molecular formula is C30H41N5O3Si. The number of nitrogen functional groups attached to an aromatic ring is 1. The molecule has 4 heterocycles. The van der Waals surface area contributed by atoms with Gasteiger partial charge in [0.25, 0.3) is 5.91 Å². The maximum atomic E-state index is 14.5. The molecule has 3 aromatic rings. The van der Waals surface area contributed by atoms with E-state index in [1.807, 2.05) is 16.8 Å². The second-order valence-corrected chi connectivity index (χ2v) is 18.4. The van der Waals surface area contributed by atoms with E-state index in [1.165, 1.54) is 18.4 Å². The zero-order valence-corrected chi connectivity index (χ0v) is 24.7. The molecule has 1 amide bonds. The molecular weight excluding hydrogens is 506 g/mol. The number of pyridine rings is 2. The summed E-state index contributed by atoms with van der Waals surface area (Å²) in [6.45, 7) is 11.0. The molecule has 2 fully saturated rings. The van der Waals surface area contributed by atoms with Gasteiger partial charge in [0.1, 0.15) is 18.2 Å². The van der Waals surface area contributed by atoms with E-state index in [9.17, 15) is 4.79 Å². The number of anilines is 1. The average Bonchev–Trinajstić information content (AvgIpc) is 3.49. The van der Waals surface area contributed by atoms with E-state index in [1.54, 1.807) is 0 Å². The molecule has 1 atom stereocenters. The van der Waals surface area contributed by atoms with E-state index in [4.69, 9.17) is 25.2 Å². The van der Waals surface area contributed by atoms with Crippen LogP contribution < -0.4 is 5.73 Å². The zero-order valence-electron chi connectivity index (χ0n) is 23.7. The van der Waals surface area contributed by atoms with Crippen LogP contribution in [-0.4, -0.2) is 46.1 Å². The lowest BCUT2D eigenvalue weighted by Crippen LogP contribution is -2.46. The van der Waals surface area contributed by atoms with Gasteiger partial charge in [0.05, 0.1) is 36.0 Å². The molecule has 2 N–H and O–H groups in total. The fourth-order valence-corrected chi connectivity index (χ4v) is 6.53. The highest BCUT2D eigenvalue weighted by atomic mass is 28.3. The van der Waals surface area contributed by atoms with Crippen LogP contribution >= 0.6 is 0 Å². The summed E-state index contributed by atoms with van der Waals surface area (Å²) in [5, 5.41) is 0. The first-order valence-electron chi connectivity index (χ1n) is 14.5. The fraction of sp³-hybridized carbons (Fsp3) is 0.567. The van der Waals surface area contributed by atoms with Crippen LogP contribution in [0.1, 0.15) is 83.9 Å². The van der Waals surface area contributed by atoms with Crippen LogP contribution in [0, 0.1) is 0 Å². The SMILES string of the molecule is CC(c1ccc(C2CC2)cn1)N(C(=O)c1cc2nc(N)c3c(c2n1COCC[Si](C)(C)C)COC3)C1CCC1. The highest BCUT2D eigenvalue weighted by Crippen LogP contribution is 2.41. The van der Waals surface area contributed by atoms with Crippen molar-refractivity contribution in [2.45, 2.75) is 103 Å². The number of hydrogen-bond donors (Lipinski definition) is 1. The first kappa shape index (κ1) is 26.5. The number of carbonyl (C=O) groups excluding carboxylic acids is 1. The monoisotopic (exact) mass is 547 g/mol. The molecule has 0 radical (unpaired) electrons. The van der Waals surface area contributed by atoms with E-state index in [-0.39, 0.29) is 18.0 Å². The number of aromatic nitrogens is 3. The third kappa shape index (κ3) is 5.24. The lowest BCUT2D eigenvalue weighted by molar-refractivity contribution is 0.0417. The minimum Gasteiger partial charge on any atom is -0.383 e. The number of fused-ring (bicyclic) bond motifs is 3. The van der Waals surface area contributed by atoms with E-state index < -0.39 is 8.07 Å². The normalized spacial score (nSPS) is 18.3. The lowest BCUT2D eigenvalue weighted by atomic mass is 9.89. The quantitative estimate of drug-likeness (QED) is 0.247. The number of amides is 1. The predicted octanol–water partition coefficient (Wildman–Crippen LogP) is 5.99. The molecule has 0 aromatic carbocycles. The third-order valence-corrected chi connectivity index (χ3v) is 10.3. The molecule has 1 unspecified atom stereocenters. The van der Waals surface area contributed by atoms with Crippen LogP contribution in [0.4, 0.5) is 5.82 Å². The molecule has 0 saturated heterocycles. The van der Waals surface area contributed by atoms with Crippen molar-refractivity contribution in [3.05, 3.63) is 52.5 Å². The first-order chi connectivity index (χ1) is 18.7. The lowest BCUT2D eigenvalue weighted by Gasteiger charge is -2.41. The minimum atomic E-state index is -1.25. The van der Waals surface area contributed by atoms with Gasteiger partial charge in [-0.15, -0.1) is 0 Å². The second kappa shape index (κ2) is 10.3. The van der Waals surface area contributed by atoms with Gasteiger partial charge in [0, 0.05) is 38.0 Å². The minimum absolute atomic E-state index is 0.00157. The summed E-state index contributed by atoms with van der Waals surface area (Å²) in [6, 6.07) is 7.33. The molecule has 3 aromatic heterocycles. The Morgan fingerprint density at radius 3 is 2.62 bits per heavy atom. The summed E-state index contributed by atoms with van der Waals surface area (Å²) in [4.78, 5) is 26.1. The Hall–Kier alpha value is -2.75. The van der Waals surface area contributed by atoms with Crippen molar-refractivity contribution in [1.82, 2.24) is 19.4 Å². The molecule has 3 aliphatic rings. The standard InChI is InChI=1S/C30H41N5O3Si/c1-19(25-11-10-21(15-32-25)20-8-9-20)35(22-6-5-7-22)30(36)27-14-26-28(23-16-38-17-24(23)29(31)33-26)34(27)18-37-12-13-39(2,3)4/h10-11,14-15,19-20,22H,5-9,12-13,16-18H2,1-4H3,(H2,31,33). The molecule has 39 heavy (non-hydrogen) atoms. The molecule has 2 saturated carbocycles. The third-order valence-electron chi connectivity index (χ3n) is 8.61. The maximum Gasteiger partial charge on any atom is 0.271 e. The fourth-order valence-electron chi connectivity index (χ4n) is 5.77. The van der Waals surface area contributed by atoms with E-state index >= 15 is 0 Å². The van der Waals surface area contributed by atoms with Crippen LogP contribution in [0.2, 0.25) is 25.7 Å². The van der Waals surface area contributed by atoms with Gasteiger partial charge in [-0.1, -0.05) is 25.7 Å². The molecule has 2 aliphatic carbocycles. The Kier molecular flexibility index (Phi) is 7.01. The van der Waals surface area contributed by atoms with Crippen molar-refractivity contribution in [3.63, 3.8) is 0 Å². The van der Waals surface area contributed by atoms with Crippen molar-refractivity contribution < 1.29 is 14.3 Å². The molecule has 1 aliphatic heterocycles. The predicted molar refractivity (Wildman–Crippen MR) is 155 cm³/mol. The van der Waals surface area contributed by atoms with E-state index in [0.29, 0.717) is 44.0 Å². The highest BCUT2D eigenvalue weighted by Gasteiger charge is 2.37. The highest BCUT2D eigenvalue weighted by molar-refractivity contribution is 6.76. The van der Waals surface area contributed by atoms with Gasteiger partial charge in [-0.25, -0.2) is 4.98 Å². The summed E-state index contributed by atoms with van der Waals surface area (Å²) >= 11 is 0. The van der Waals surface area contributed by atoms with Gasteiger partial charge < -0.3 is 24.7 Å². The molecule has 0 bridgehead atoms. The molecule has 6 rings (SSSR count). The Morgan fingerprint density at radius 1 is 1.21 bits per heavy atom. The number of hydrogen-bond acceptors (Lipinski definition) is 6. The topological polar surface area (TPSA) is 95.5 Å². The number of nitrogens with two attached hydrogens (primary N) is 1. The van der Waals surface area contributed by atoms with Crippen molar-refractivity contribution in [2.75, 3.05) is 12.3 Å². The second-order valence-electron chi connectivity index (χ2n) is 12.8. The average molecular weight is 548 g/mol. The maximum absolute atomic E-state index is 14.5. The van der Waals surface area contributed by atoms with Gasteiger partial charge in [-0.3, -0.25) is 9.78 Å². The van der Waals surface area contributed by atoms with Crippen molar-refractivity contribution in [1.29, 1.82) is 0 Å². The van der Waals surface area contributed by atoms with Crippen molar-refractivity contribution in [2.24, 2.45) is 0 Å². The Balaban J connectivity index is 1.36. The van der Waals surface area contributed by atoms with Gasteiger partial charge in [0.2, 0.25) is 0 Å². The largest absolute Gasteiger partial charge is 0.383 e. The number of ether oxygens (including phenoxy) is 2. The van der Waals surface area contributed by atoms with Gasteiger partial charge in [-0.05, 0) is 68.7 Å². The van der Waals surface area contributed by atoms with E-state index in [0.717, 1.165) is 53.2 Å². The first-order valence-corrected chi connectivity index (χ1v) is 18.2. The summed E-state index contributed by atoms with van der Waals surface area (Å²) in [5.41, 5.74) is 12.7. The molecule has 0 spiro atoms. The van der Waals surface area contributed by atoms with Crippen LogP contribution in [0.25, 0.3) is 11.0 Å². The van der Waals surface area contributed by atoms with Crippen LogP contribution in [0.5, 0.6) is 0 Å². The molecule has 9 heteroatoms. The van der Waals surface area contributed by atoms with E-state index in [2.05, 4.69) is 43.6 Å². The Bertz CT molecular complexity index is 1370. The number of rotatable bonds is 10. The molecule has 208 valence electrons. The Morgan fingerprint density at radius 2 is 1.97 bits per heavy atom. The molecule has 8 nitrogen and oxygen atoms in total. The van der Waals surface area contributed by atoms with Crippen LogP contribution in [-0.2, 0) is 29.4 Å². The zero-order chi connectivity index (χ0) is 27.3. The van der Waals surface area contributed by atoms with Crippen molar-refractivity contribution in [3.8, 4) is 0 Å². The summed E-state index contributed by atoms with van der Waals surface area (Å²) in [5.74, 6) is 1.14. The van der Waals surface area contributed by atoms with Crippen LogP contribution in [0.3, 0.4) is 0 Å². The van der Waals surface area contributed by atoms with Gasteiger partial charge in [-0.2, -0.15) is 0 Å². The summed E-state index contributed by atoms with van der Waals surface area (Å²) in [6.07, 6.45) is 7.67. The Labute approximate surface area is 231 Å². The number of carbonyl (C=O) groups is 1. The van der Waals surface area contributed by atoms with Crippen LogP contribution in [0.15, 0.2) is 24.4 Å².